The highest BCUT2D eigenvalue weighted by Gasteiger charge is 2.10. The van der Waals surface area contributed by atoms with Gasteiger partial charge in [0.05, 0.1) is 5.39 Å². The summed E-state index contributed by atoms with van der Waals surface area (Å²) in [6.07, 6.45) is 0. The minimum Gasteiger partial charge on any atom is -0.455 e. The molecule has 1 heterocycles. The Labute approximate surface area is 141 Å². The van der Waals surface area contributed by atoms with Crippen molar-refractivity contribution in [1.82, 2.24) is 0 Å². The minimum absolute atomic E-state index is 0.0165. The smallest absolute Gasteiger partial charge is 0.193 e. The van der Waals surface area contributed by atoms with Crippen LogP contribution in [0.5, 0.6) is 0 Å². The normalized spacial score (nSPS) is 11.2. The van der Waals surface area contributed by atoms with Gasteiger partial charge in [0.15, 0.2) is 5.43 Å². The van der Waals surface area contributed by atoms with E-state index in [1.807, 2.05) is 36.4 Å². The van der Waals surface area contributed by atoms with Gasteiger partial charge >= 0.3 is 0 Å². The second-order valence-electron chi connectivity index (χ2n) is 5.46. The molecule has 4 rings (SSSR count). The molecule has 0 aliphatic carbocycles. The number of benzene rings is 3. The van der Waals surface area contributed by atoms with Gasteiger partial charge < -0.3 is 4.42 Å². The molecule has 1 aromatic heterocycles. The third kappa shape index (κ3) is 2.47. The van der Waals surface area contributed by atoms with Gasteiger partial charge in [-0.1, -0.05) is 64.5 Å². The molecule has 3 heteroatoms. The number of fused-ring (bicyclic) bond motifs is 2. The van der Waals surface area contributed by atoms with E-state index in [1.54, 1.807) is 12.1 Å². The lowest BCUT2D eigenvalue weighted by Crippen LogP contribution is -2.01. The van der Waals surface area contributed by atoms with Crippen molar-refractivity contribution in [2.45, 2.75) is 5.33 Å². The Hall–Kier alpha value is -2.39. The van der Waals surface area contributed by atoms with Gasteiger partial charge in [-0.2, -0.15) is 0 Å². The first-order chi connectivity index (χ1) is 11.3. The van der Waals surface area contributed by atoms with Crippen molar-refractivity contribution in [2.24, 2.45) is 0 Å². The number of alkyl halides is 1. The zero-order valence-corrected chi connectivity index (χ0v) is 13.8. The molecule has 0 bridgehead atoms. The first kappa shape index (κ1) is 14.2. The molecule has 0 amide bonds. The van der Waals surface area contributed by atoms with Crippen LogP contribution in [0.1, 0.15) is 5.56 Å². The molecule has 0 fully saturated rings. The van der Waals surface area contributed by atoms with E-state index in [2.05, 4.69) is 34.1 Å². The van der Waals surface area contributed by atoms with Crippen LogP contribution in [0.25, 0.3) is 33.1 Å². The molecule has 0 saturated heterocycles. The molecule has 0 atom stereocenters. The molecule has 112 valence electrons. The van der Waals surface area contributed by atoms with Gasteiger partial charge in [0.1, 0.15) is 11.3 Å². The van der Waals surface area contributed by atoms with Crippen LogP contribution in [0.2, 0.25) is 0 Å². The molecule has 2 nitrogen and oxygen atoms in total. The first-order valence-electron chi connectivity index (χ1n) is 7.37. The molecule has 0 N–H and O–H groups in total. The van der Waals surface area contributed by atoms with Crippen molar-refractivity contribution in [3.05, 3.63) is 82.5 Å². The van der Waals surface area contributed by atoms with Crippen LogP contribution >= 0.6 is 15.9 Å². The Morgan fingerprint density at radius 1 is 0.870 bits per heavy atom. The highest BCUT2D eigenvalue weighted by atomic mass is 79.9. The zero-order valence-electron chi connectivity index (χ0n) is 12.3. The fourth-order valence-electron chi connectivity index (χ4n) is 2.83. The van der Waals surface area contributed by atoms with Crippen molar-refractivity contribution in [3.63, 3.8) is 0 Å². The molecule has 0 radical (unpaired) electrons. The Balaban J connectivity index is 1.98. The number of hydrogen-bond donors (Lipinski definition) is 0. The van der Waals surface area contributed by atoms with Crippen LogP contribution in [-0.4, -0.2) is 0 Å². The van der Waals surface area contributed by atoms with Crippen LogP contribution < -0.4 is 5.43 Å². The predicted molar refractivity (Wildman–Crippen MR) is 98.1 cm³/mol. The maximum absolute atomic E-state index is 12.4. The topological polar surface area (TPSA) is 30.2 Å². The summed E-state index contributed by atoms with van der Waals surface area (Å²) < 4.78 is 6.07. The fraction of sp³-hybridized carbons (Fsp3) is 0.0500. The van der Waals surface area contributed by atoms with E-state index in [0.29, 0.717) is 22.1 Å². The number of hydrogen-bond acceptors (Lipinski definition) is 2. The Bertz CT molecular complexity index is 1080. The summed E-state index contributed by atoms with van der Waals surface area (Å²) in [4.78, 5) is 12.4. The van der Waals surface area contributed by atoms with Gasteiger partial charge in [-0.25, -0.2) is 0 Å². The van der Waals surface area contributed by atoms with Crippen LogP contribution in [0, 0.1) is 0 Å². The average molecular weight is 365 g/mol. The predicted octanol–water partition coefficient (Wildman–Crippen LogP) is 5.51. The van der Waals surface area contributed by atoms with Crippen LogP contribution in [-0.2, 0) is 5.33 Å². The summed E-state index contributed by atoms with van der Waals surface area (Å²) in [6.45, 7) is 0. The summed E-state index contributed by atoms with van der Waals surface area (Å²) >= 11 is 3.45. The van der Waals surface area contributed by atoms with E-state index in [9.17, 15) is 4.79 Å². The summed E-state index contributed by atoms with van der Waals surface area (Å²) in [5.41, 5.74) is 2.52. The van der Waals surface area contributed by atoms with Crippen molar-refractivity contribution < 1.29 is 4.42 Å². The average Bonchev–Trinajstić information content (AvgIpc) is 2.60. The number of para-hydroxylation sites is 1. The van der Waals surface area contributed by atoms with Gasteiger partial charge in [0.2, 0.25) is 0 Å². The highest BCUT2D eigenvalue weighted by molar-refractivity contribution is 9.08. The zero-order chi connectivity index (χ0) is 15.8. The lowest BCUT2D eigenvalue weighted by molar-refractivity contribution is 0.616. The summed E-state index contributed by atoms with van der Waals surface area (Å²) in [6, 6.07) is 21.5. The van der Waals surface area contributed by atoms with Gasteiger partial charge in [-0.05, 0) is 22.9 Å². The third-order valence-corrected chi connectivity index (χ3v) is 4.62. The molecule has 0 spiro atoms. The van der Waals surface area contributed by atoms with Gasteiger partial charge in [-0.15, -0.1) is 0 Å². The van der Waals surface area contributed by atoms with E-state index in [0.717, 1.165) is 16.5 Å². The van der Waals surface area contributed by atoms with Crippen molar-refractivity contribution in [2.75, 3.05) is 0 Å². The monoisotopic (exact) mass is 364 g/mol. The fourth-order valence-corrected chi connectivity index (χ4v) is 3.27. The van der Waals surface area contributed by atoms with E-state index < -0.39 is 0 Å². The summed E-state index contributed by atoms with van der Waals surface area (Å²) in [5.74, 6) is 0.599. The number of rotatable bonds is 2. The molecule has 0 aliphatic heterocycles. The van der Waals surface area contributed by atoms with E-state index >= 15 is 0 Å². The molecule has 0 unspecified atom stereocenters. The Kier molecular flexibility index (Phi) is 3.50. The van der Waals surface area contributed by atoms with Gasteiger partial charge in [0.25, 0.3) is 0 Å². The van der Waals surface area contributed by atoms with Gasteiger partial charge in [0, 0.05) is 22.5 Å². The van der Waals surface area contributed by atoms with Crippen LogP contribution in [0.4, 0.5) is 0 Å². The third-order valence-electron chi connectivity index (χ3n) is 4.01. The van der Waals surface area contributed by atoms with Gasteiger partial charge in [-0.3, -0.25) is 4.79 Å². The molecule has 0 aliphatic rings. The maximum Gasteiger partial charge on any atom is 0.193 e. The SMILES string of the molecule is O=c1cc(-c2ccc3ccccc3c2)oc2c(CBr)cccc12. The molecule has 4 aromatic rings. The second kappa shape index (κ2) is 5.67. The van der Waals surface area contributed by atoms with Crippen molar-refractivity contribution in [3.8, 4) is 11.3 Å². The lowest BCUT2D eigenvalue weighted by atomic mass is 10.0. The lowest BCUT2D eigenvalue weighted by Gasteiger charge is -2.07. The van der Waals surface area contributed by atoms with Crippen molar-refractivity contribution >= 4 is 37.7 Å². The van der Waals surface area contributed by atoms with Crippen LogP contribution in [0.3, 0.4) is 0 Å². The molecular weight excluding hydrogens is 352 g/mol. The van der Waals surface area contributed by atoms with E-state index in [1.165, 1.54) is 5.39 Å². The highest BCUT2D eigenvalue weighted by Crippen LogP contribution is 2.27. The minimum atomic E-state index is -0.0165. The molecular formula is C20H13BrO2. The number of halogens is 1. The Morgan fingerprint density at radius 3 is 2.52 bits per heavy atom. The molecule has 23 heavy (non-hydrogen) atoms. The standard InChI is InChI=1S/C20H13BrO2/c21-12-16-6-3-7-17-18(22)11-19(23-20(16)17)15-9-8-13-4-1-2-5-14(13)10-15/h1-11H,12H2. The molecule has 3 aromatic carbocycles. The first-order valence-corrected chi connectivity index (χ1v) is 8.49. The van der Waals surface area contributed by atoms with Crippen molar-refractivity contribution in [1.29, 1.82) is 0 Å². The largest absolute Gasteiger partial charge is 0.455 e. The van der Waals surface area contributed by atoms with E-state index in [4.69, 9.17) is 4.42 Å². The summed E-state index contributed by atoms with van der Waals surface area (Å²) in [5, 5.41) is 3.56. The maximum atomic E-state index is 12.4. The quantitative estimate of drug-likeness (QED) is 0.439. The van der Waals surface area contributed by atoms with E-state index in [-0.39, 0.29) is 5.43 Å². The molecule has 0 saturated carbocycles. The second-order valence-corrected chi connectivity index (χ2v) is 6.03. The Morgan fingerprint density at radius 2 is 1.70 bits per heavy atom. The van der Waals surface area contributed by atoms with Crippen LogP contribution in [0.15, 0.2) is 75.9 Å². The summed E-state index contributed by atoms with van der Waals surface area (Å²) in [7, 11) is 0.